The maximum Gasteiger partial charge on any atom is 0.416 e. The Kier molecular flexibility index (Phi) is 8.20. The number of H-pyrrole nitrogens is 1. The van der Waals surface area contributed by atoms with Crippen molar-refractivity contribution in [1.82, 2.24) is 14.9 Å². The van der Waals surface area contributed by atoms with Gasteiger partial charge in [-0.1, -0.05) is 12.1 Å². The van der Waals surface area contributed by atoms with Gasteiger partial charge in [-0.2, -0.15) is 13.2 Å². The number of hydrogen-bond acceptors (Lipinski definition) is 5. The second-order valence-corrected chi connectivity index (χ2v) is 9.39. The van der Waals surface area contributed by atoms with Crippen LogP contribution < -0.4 is 16.0 Å². The number of carbonyl (C=O) groups is 2. The molecule has 0 saturated carbocycles. The summed E-state index contributed by atoms with van der Waals surface area (Å²) in [5.41, 5.74) is 2.11. The van der Waals surface area contributed by atoms with E-state index in [2.05, 4.69) is 30.8 Å². The maximum absolute atomic E-state index is 13.4. The van der Waals surface area contributed by atoms with Crippen LogP contribution in [-0.2, 0) is 6.18 Å². The summed E-state index contributed by atoms with van der Waals surface area (Å²) >= 11 is 0. The number of alkyl halides is 3. The first-order valence-electron chi connectivity index (χ1n) is 12.3. The summed E-state index contributed by atoms with van der Waals surface area (Å²) in [5.74, 6) is -1.10. The Morgan fingerprint density at radius 1 is 1.03 bits per heavy atom. The van der Waals surface area contributed by atoms with Crippen molar-refractivity contribution in [3.63, 3.8) is 0 Å². The lowest BCUT2D eigenvalue weighted by atomic mass is 10.1. The number of benzene rings is 2. The lowest BCUT2D eigenvalue weighted by molar-refractivity contribution is -0.137. The van der Waals surface area contributed by atoms with Crippen molar-refractivity contribution in [3.05, 3.63) is 83.2 Å². The van der Waals surface area contributed by atoms with Gasteiger partial charge in [0.1, 0.15) is 5.65 Å². The average molecular weight is 539 g/mol. The van der Waals surface area contributed by atoms with Gasteiger partial charge in [-0.3, -0.25) is 9.59 Å². The number of aromatic nitrogens is 2. The zero-order valence-electron chi connectivity index (χ0n) is 21.7. The third-order valence-corrected chi connectivity index (χ3v) is 6.11. The largest absolute Gasteiger partial charge is 0.416 e. The summed E-state index contributed by atoms with van der Waals surface area (Å²) in [4.78, 5) is 35.5. The second kappa shape index (κ2) is 11.6. The van der Waals surface area contributed by atoms with E-state index in [4.69, 9.17) is 0 Å². The van der Waals surface area contributed by atoms with E-state index < -0.39 is 23.6 Å². The molecule has 4 rings (SSSR count). The lowest BCUT2D eigenvalue weighted by Crippen LogP contribution is -2.19. The Balaban J connectivity index is 1.53. The van der Waals surface area contributed by atoms with Gasteiger partial charge in [0.25, 0.3) is 11.8 Å². The second-order valence-electron chi connectivity index (χ2n) is 9.39. The molecule has 2 aromatic heterocycles. The minimum absolute atomic E-state index is 0.133. The smallest absolute Gasteiger partial charge is 0.384 e. The molecule has 0 saturated heterocycles. The van der Waals surface area contributed by atoms with Crippen LogP contribution in [0.2, 0.25) is 0 Å². The van der Waals surface area contributed by atoms with Gasteiger partial charge in [0.05, 0.1) is 16.8 Å². The number of anilines is 3. The average Bonchev–Trinajstić information content (AvgIpc) is 3.37. The number of hydrogen-bond donors (Lipinski definition) is 4. The van der Waals surface area contributed by atoms with E-state index in [1.54, 1.807) is 31.3 Å². The number of aryl methyl sites for hydroxylation is 1. The van der Waals surface area contributed by atoms with Crippen LogP contribution in [0.5, 0.6) is 0 Å². The number of amides is 2. The van der Waals surface area contributed by atoms with Crippen molar-refractivity contribution in [2.45, 2.75) is 19.5 Å². The van der Waals surface area contributed by atoms with Gasteiger partial charge in [0.15, 0.2) is 0 Å². The molecule has 2 aromatic carbocycles. The standard InChI is InChI=1S/C28H29F3N6O2/c1-17-8-9-20(35-26(38)18-6-4-7-19(14-18)28(29,30)31)15-23(17)36-27(39)22-16-34-25-21(10-12-33-25)24(22)32-11-5-13-37(2)3/h4,6-10,12,14-16H,5,11,13H2,1-3H3,(H,35,38)(H,36,39)(H2,32,33,34). The topological polar surface area (TPSA) is 102 Å². The highest BCUT2D eigenvalue weighted by atomic mass is 19.4. The zero-order valence-corrected chi connectivity index (χ0v) is 21.7. The van der Waals surface area contributed by atoms with Crippen LogP contribution in [0.3, 0.4) is 0 Å². The number of nitrogens with zero attached hydrogens (tertiary/aromatic N) is 2. The summed E-state index contributed by atoms with van der Waals surface area (Å²) in [5, 5.41) is 9.63. The van der Waals surface area contributed by atoms with Gasteiger partial charge in [-0.05, 0) is 75.9 Å². The van der Waals surface area contributed by atoms with E-state index >= 15 is 0 Å². The molecule has 0 unspecified atom stereocenters. The lowest BCUT2D eigenvalue weighted by Gasteiger charge is -2.16. The van der Waals surface area contributed by atoms with Gasteiger partial charge in [-0.25, -0.2) is 4.98 Å². The van der Waals surface area contributed by atoms with Crippen molar-refractivity contribution < 1.29 is 22.8 Å². The van der Waals surface area contributed by atoms with Crippen LogP contribution in [0.4, 0.5) is 30.2 Å². The number of nitrogens with one attached hydrogen (secondary N) is 4. The van der Waals surface area contributed by atoms with E-state index in [0.717, 1.165) is 36.0 Å². The van der Waals surface area contributed by atoms with Gasteiger partial charge < -0.3 is 25.8 Å². The SMILES string of the molecule is Cc1ccc(NC(=O)c2cccc(C(F)(F)F)c2)cc1NC(=O)c1cnc2[nH]ccc2c1NCCCN(C)C. The Morgan fingerprint density at radius 2 is 1.82 bits per heavy atom. The third-order valence-electron chi connectivity index (χ3n) is 6.11. The molecule has 0 radical (unpaired) electrons. The van der Waals surface area contributed by atoms with Crippen molar-refractivity contribution in [3.8, 4) is 0 Å². The van der Waals surface area contributed by atoms with Crippen LogP contribution in [0.1, 0.15) is 38.3 Å². The molecule has 8 nitrogen and oxygen atoms in total. The number of rotatable bonds is 9. The van der Waals surface area contributed by atoms with Crippen molar-refractivity contribution in [2.75, 3.05) is 43.1 Å². The van der Waals surface area contributed by atoms with Crippen molar-refractivity contribution in [1.29, 1.82) is 0 Å². The monoisotopic (exact) mass is 538 g/mol. The highest BCUT2D eigenvalue weighted by molar-refractivity contribution is 6.12. The van der Waals surface area contributed by atoms with Crippen LogP contribution in [-0.4, -0.2) is 53.9 Å². The van der Waals surface area contributed by atoms with Crippen molar-refractivity contribution >= 4 is 39.9 Å². The molecule has 0 aliphatic rings. The molecule has 39 heavy (non-hydrogen) atoms. The van der Waals surface area contributed by atoms with Crippen LogP contribution in [0.15, 0.2) is 60.9 Å². The number of aromatic amines is 1. The number of pyridine rings is 1. The number of halogens is 3. The van der Waals surface area contributed by atoms with Gasteiger partial charge >= 0.3 is 6.18 Å². The number of carbonyl (C=O) groups excluding carboxylic acids is 2. The minimum Gasteiger partial charge on any atom is -0.384 e. The summed E-state index contributed by atoms with van der Waals surface area (Å²) < 4.78 is 39.1. The Labute approximate surface area is 223 Å². The Bertz CT molecular complexity index is 1500. The van der Waals surface area contributed by atoms with Crippen molar-refractivity contribution in [2.24, 2.45) is 0 Å². The predicted molar refractivity (Wildman–Crippen MR) is 146 cm³/mol. The first kappa shape index (κ1) is 27.6. The molecule has 4 aromatic rings. The molecule has 2 heterocycles. The molecule has 0 spiro atoms. The number of fused-ring (bicyclic) bond motifs is 1. The van der Waals surface area contributed by atoms with Crippen LogP contribution in [0, 0.1) is 6.92 Å². The molecule has 0 aliphatic heterocycles. The molecule has 0 bridgehead atoms. The molecule has 0 aliphatic carbocycles. The summed E-state index contributed by atoms with van der Waals surface area (Å²) in [6.07, 6.45) is -0.437. The van der Waals surface area contributed by atoms with E-state index in [1.165, 1.54) is 18.3 Å². The molecule has 0 fully saturated rings. The fourth-order valence-corrected chi connectivity index (χ4v) is 4.04. The highest BCUT2D eigenvalue weighted by Crippen LogP contribution is 2.30. The van der Waals surface area contributed by atoms with Gasteiger partial charge in [-0.15, -0.1) is 0 Å². The summed E-state index contributed by atoms with van der Waals surface area (Å²) in [7, 11) is 3.99. The van der Waals surface area contributed by atoms with E-state index in [1.807, 2.05) is 20.2 Å². The molecule has 4 N–H and O–H groups in total. The fourth-order valence-electron chi connectivity index (χ4n) is 4.04. The summed E-state index contributed by atoms with van der Waals surface area (Å²) in [6, 6.07) is 10.9. The Hall–Kier alpha value is -4.38. The predicted octanol–water partition coefficient (Wildman–Crippen LogP) is 5.76. The molecule has 0 atom stereocenters. The fraction of sp³-hybridized carbons (Fsp3) is 0.250. The van der Waals surface area contributed by atoms with E-state index in [0.29, 0.717) is 34.8 Å². The Morgan fingerprint density at radius 3 is 2.56 bits per heavy atom. The van der Waals surface area contributed by atoms with E-state index in [-0.39, 0.29) is 5.56 Å². The zero-order chi connectivity index (χ0) is 28.2. The highest BCUT2D eigenvalue weighted by Gasteiger charge is 2.31. The normalized spacial score (nSPS) is 11.6. The maximum atomic E-state index is 13.4. The molecular formula is C28H29F3N6O2. The first-order chi connectivity index (χ1) is 18.5. The first-order valence-corrected chi connectivity index (χ1v) is 12.3. The van der Waals surface area contributed by atoms with E-state index in [9.17, 15) is 22.8 Å². The third kappa shape index (κ3) is 6.74. The quantitative estimate of drug-likeness (QED) is 0.203. The van der Waals surface area contributed by atoms with Gasteiger partial charge in [0, 0.05) is 41.3 Å². The van der Waals surface area contributed by atoms with Crippen LogP contribution >= 0.6 is 0 Å². The summed E-state index contributed by atoms with van der Waals surface area (Å²) in [6.45, 7) is 3.33. The minimum atomic E-state index is -4.56. The molecular weight excluding hydrogens is 509 g/mol. The van der Waals surface area contributed by atoms with Crippen LogP contribution in [0.25, 0.3) is 11.0 Å². The van der Waals surface area contributed by atoms with Gasteiger partial charge in [0.2, 0.25) is 0 Å². The molecule has 204 valence electrons. The molecule has 11 heteroatoms. The molecule has 2 amide bonds.